The van der Waals surface area contributed by atoms with Gasteiger partial charge in [0.15, 0.2) is 0 Å². The lowest BCUT2D eigenvalue weighted by Gasteiger charge is -2.35. The summed E-state index contributed by atoms with van der Waals surface area (Å²) in [5, 5.41) is 13.0. The minimum Gasteiger partial charge on any atom is -0.479 e. The predicted octanol–water partition coefficient (Wildman–Crippen LogP) is 2.01. The van der Waals surface area contributed by atoms with E-state index in [1.807, 2.05) is 6.92 Å². The molecule has 21 heavy (non-hydrogen) atoms. The molecule has 2 aliphatic heterocycles. The van der Waals surface area contributed by atoms with E-state index in [1.54, 1.807) is 4.90 Å². The van der Waals surface area contributed by atoms with Crippen LogP contribution in [0, 0.1) is 5.92 Å². The Morgan fingerprint density at radius 1 is 1.33 bits per heavy atom. The summed E-state index contributed by atoms with van der Waals surface area (Å²) in [6.45, 7) is 4.67. The van der Waals surface area contributed by atoms with Crippen LogP contribution in [0.15, 0.2) is 0 Å². The molecule has 2 aliphatic rings. The molecule has 120 valence electrons. The van der Waals surface area contributed by atoms with Crippen LogP contribution in [-0.4, -0.2) is 47.1 Å². The van der Waals surface area contributed by atoms with Crippen LogP contribution in [0.2, 0.25) is 0 Å². The maximum absolute atomic E-state index is 12.5. The lowest BCUT2D eigenvalue weighted by atomic mass is 9.89. The third kappa shape index (κ3) is 3.57. The fraction of sp³-hybridized carbons (Fsp3) is 0.875. The van der Waals surface area contributed by atoms with Crippen molar-refractivity contribution in [2.45, 2.75) is 63.8 Å². The number of likely N-dealkylation sites (tertiary alicyclic amines) is 1. The number of piperidine rings is 1. The minimum atomic E-state index is -0.931. The molecular weight excluding hydrogens is 268 g/mol. The number of nitrogens with one attached hydrogen (secondary N) is 1. The largest absolute Gasteiger partial charge is 0.479 e. The summed E-state index contributed by atoms with van der Waals surface area (Å²) in [5.41, 5.74) is -0.931. The van der Waals surface area contributed by atoms with Crippen LogP contribution >= 0.6 is 0 Å². The van der Waals surface area contributed by atoms with Crippen molar-refractivity contribution < 1.29 is 14.7 Å². The van der Waals surface area contributed by atoms with Crippen molar-refractivity contribution in [3.8, 4) is 0 Å². The van der Waals surface area contributed by atoms with Gasteiger partial charge in [0.25, 0.3) is 0 Å². The number of rotatable bonds is 6. The van der Waals surface area contributed by atoms with Crippen molar-refractivity contribution in [3.05, 3.63) is 0 Å². The third-order valence-corrected chi connectivity index (χ3v) is 5.08. The summed E-state index contributed by atoms with van der Waals surface area (Å²) < 4.78 is 0. The van der Waals surface area contributed by atoms with Crippen LogP contribution in [0.25, 0.3) is 0 Å². The van der Waals surface area contributed by atoms with Gasteiger partial charge in [0, 0.05) is 13.0 Å². The molecule has 2 heterocycles. The van der Waals surface area contributed by atoms with Crippen LogP contribution in [0.4, 0.5) is 0 Å². The summed E-state index contributed by atoms with van der Waals surface area (Å²) in [6, 6.07) is 0. The zero-order valence-corrected chi connectivity index (χ0v) is 13.1. The molecule has 5 heteroatoms. The summed E-state index contributed by atoms with van der Waals surface area (Å²) in [4.78, 5) is 25.9. The minimum absolute atomic E-state index is 0.0434. The SMILES string of the molecule is CCCC1(C(=O)O)CCCN1C(=O)CCC1CCNCC1. The Bertz CT molecular complexity index is 380. The number of nitrogens with zero attached hydrogens (tertiary/aromatic N) is 1. The molecule has 2 rings (SSSR count). The average Bonchev–Trinajstić information content (AvgIpc) is 2.91. The van der Waals surface area contributed by atoms with Crippen LogP contribution in [0.3, 0.4) is 0 Å². The van der Waals surface area contributed by atoms with Gasteiger partial charge in [0.05, 0.1) is 0 Å². The average molecular weight is 296 g/mol. The first-order valence-corrected chi connectivity index (χ1v) is 8.34. The quantitative estimate of drug-likeness (QED) is 0.786. The van der Waals surface area contributed by atoms with Gasteiger partial charge in [-0.1, -0.05) is 13.3 Å². The second-order valence-corrected chi connectivity index (χ2v) is 6.47. The van der Waals surface area contributed by atoms with E-state index < -0.39 is 11.5 Å². The molecule has 0 radical (unpaired) electrons. The smallest absolute Gasteiger partial charge is 0.329 e. The van der Waals surface area contributed by atoms with Gasteiger partial charge in [-0.25, -0.2) is 4.79 Å². The van der Waals surface area contributed by atoms with E-state index in [0.29, 0.717) is 31.7 Å². The fourth-order valence-electron chi connectivity index (χ4n) is 3.88. The Hall–Kier alpha value is -1.10. The Morgan fingerprint density at radius 2 is 2.05 bits per heavy atom. The number of carbonyl (C=O) groups is 2. The van der Waals surface area contributed by atoms with Crippen LogP contribution in [0.5, 0.6) is 0 Å². The Morgan fingerprint density at radius 3 is 2.67 bits per heavy atom. The van der Waals surface area contributed by atoms with Gasteiger partial charge >= 0.3 is 5.97 Å². The Kier molecular flexibility index (Phi) is 5.62. The molecule has 0 aromatic rings. The van der Waals surface area contributed by atoms with E-state index in [0.717, 1.165) is 45.2 Å². The highest BCUT2D eigenvalue weighted by Gasteiger charge is 2.48. The van der Waals surface area contributed by atoms with Crippen molar-refractivity contribution >= 4 is 11.9 Å². The topological polar surface area (TPSA) is 69.6 Å². The van der Waals surface area contributed by atoms with E-state index in [4.69, 9.17) is 0 Å². The highest BCUT2D eigenvalue weighted by Crippen LogP contribution is 2.35. The molecule has 2 N–H and O–H groups in total. The molecule has 1 atom stereocenters. The van der Waals surface area contributed by atoms with Crippen LogP contribution < -0.4 is 5.32 Å². The molecular formula is C16H28N2O3. The number of aliphatic carboxylic acids is 1. The standard InChI is InChI=1S/C16H28N2O3/c1-2-8-16(15(20)21)9-3-12-18(16)14(19)5-4-13-6-10-17-11-7-13/h13,17H,2-12H2,1H3,(H,20,21). The monoisotopic (exact) mass is 296 g/mol. The first-order valence-electron chi connectivity index (χ1n) is 8.34. The normalized spacial score (nSPS) is 27.0. The highest BCUT2D eigenvalue weighted by atomic mass is 16.4. The van der Waals surface area contributed by atoms with Gasteiger partial charge in [-0.3, -0.25) is 4.79 Å². The van der Waals surface area contributed by atoms with Crippen molar-refractivity contribution in [1.29, 1.82) is 0 Å². The predicted molar refractivity (Wildman–Crippen MR) is 81.0 cm³/mol. The molecule has 0 aromatic heterocycles. The summed E-state index contributed by atoms with van der Waals surface area (Å²) in [7, 11) is 0. The number of amides is 1. The first kappa shape index (κ1) is 16.3. The fourth-order valence-corrected chi connectivity index (χ4v) is 3.88. The molecule has 0 aromatic carbocycles. The second-order valence-electron chi connectivity index (χ2n) is 6.47. The van der Waals surface area contributed by atoms with Gasteiger partial charge in [0.2, 0.25) is 5.91 Å². The van der Waals surface area contributed by atoms with E-state index in [2.05, 4.69) is 5.32 Å². The maximum atomic E-state index is 12.5. The number of carboxylic acids is 1. The first-order chi connectivity index (χ1) is 10.1. The Balaban J connectivity index is 1.94. The van der Waals surface area contributed by atoms with Crippen molar-refractivity contribution in [2.24, 2.45) is 5.92 Å². The molecule has 0 saturated carbocycles. The van der Waals surface area contributed by atoms with Gasteiger partial charge in [-0.2, -0.15) is 0 Å². The molecule has 1 amide bonds. The molecule has 0 aliphatic carbocycles. The summed E-state index contributed by atoms with van der Waals surface area (Å²) in [6.07, 6.45) is 6.45. The lowest BCUT2D eigenvalue weighted by molar-refractivity contribution is -0.157. The zero-order chi connectivity index (χ0) is 15.3. The molecule has 2 saturated heterocycles. The van der Waals surface area contributed by atoms with Gasteiger partial charge in [0.1, 0.15) is 5.54 Å². The highest BCUT2D eigenvalue weighted by molar-refractivity contribution is 5.87. The van der Waals surface area contributed by atoms with Crippen LogP contribution in [0.1, 0.15) is 58.3 Å². The van der Waals surface area contributed by atoms with Gasteiger partial charge < -0.3 is 15.3 Å². The zero-order valence-electron chi connectivity index (χ0n) is 13.1. The van der Waals surface area contributed by atoms with Crippen molar-refractivity contribution in [3.63, 3.8) is 0 Å². The lowest BCUT2D eigenvalue weighted by Crippen LogP contribution is -2.53. The number of carbonyl (C=O) groups excluding carboxylic acids is 1. The van der Waals surface area contributed by atoms with Gasteiger partial charge in [-0.15, -0.1) is 0 Å². The van der Waals surface area contributed by atoms with Crippen LogP contribution in [-0.2, 0) is 9.59 Å². The van der Waals surface area contributed by atoms with E-state index >= 15 is 0 Å². The maximum Gasteiger partial charge on any atom is 0.329 e. The van der Waals surface area contributed by atoms with Gasteiger partial charge in [-0.05, 0) is 57.5 Å². The van der Waals surface area contributed by atoms with E-state index in [9.17, 15) is 14.7 Å². The molecule has 5 nitrogen and oxygen atoms in total. The molecule has 2 fully saturated rings. The van der Waals surface area contributed by atoms with E-state index in [-0.39, 0.29) is 5.91 Å². The van der Waals surface area contributed by atoms with E-state index in [1.165, 1.54) is 0 Å². The number of hydrogen-bond acceptors (Lipinski definition) is 3. The van der Waals surface area contributed by atoms with Crippen molar-refractivity contribution in [2.75, 3.05) is 19.6 Å². The van der Waals surface area contributed by atoms with Crippen molar-refractivity contribution in [1.82, 2.24) is 10.2 Å². The number of carboxylic acid groups (broad SMARTS) is 1. The molecule has 0 bridgehead atoms. The summed E-state index contributed by atoms with van der Waals surface area (Å²) >= 11 is 0. The molecule has 0 spiro atoms. The third-order valence-electron chi connectivity index (χ3n) is 5.08. The second kappa shape index (κ2) is 7.25. The molecule has 1 unspecified atom stereocenters. The number of hydrogen-bond donors (Lipinski definition) is 2. The Labute approximate surface area is 127 Å². The summed E-state index contributed by atoms with van der Waals surface area (Å²) in [5.74, 6) is -0.165.